The van der Waals surface area contributed by atoms with E-state index in [9.17, 15) is 0 Å². The Bertz CT molecular complexity index is 591. The van der Waals surface area contributed by atoms with E-state index in [-0.39, 0.29) is 0 Å². The normalized spacial score (nSPS) is 13.3. The van der Waals surface area contributed by atoms with Crippen molar-refractivity contribution in [1.29, 1.82) is 0 Å². The number of hydrogen-bond acceptors (Lipinski definition) is 0. The molecular formula is C17H20N+. The topological polar surface area (TPSA) is 3.88 Å². The highest BCUT2D eigenvalue weighted by atomic mass is 15.0. The van der Waals surface area contributed by atoms with Crippen molar-refractivity contribution < 1.29 is 4.57 Å². The maximum Gasteiger partial charge on any atom is 0.213 e. The molecule has 0 fully saturated rings. The second kappa shape index (κ2) is 3.94. The summed E-state index contributed by atoms with van der Waals surface area (Å²) in [6.45, 7) is 7.89. The molecule has 1 aromatic heterocycles. The fourth-order valence-electron chi connectivity index (χ4n) is 2.78. The first-order valence-corrected chi connectivity index (χ1v) is 6.64. The zero-order chi connectivity index (χ0) is 12.8. The summed E-state index contributed by atoms with van der Waals surface area (Å²) in [5.41, 5.74) is 5.95. The highest BCUT2D eigenvalue weighted by Gasteiger charge is 2.26. The van der Waals surface area contributed by atoms with Gasteiger partial charge in [0.25, 0.3) is 0 Å². The molecule has 1 aromatic carbocycles. The van der Waals surface area contributed by atoms with Crippen molar-refractivity contribution in [2.24, 2.45) is 5.41 Å². The molecule has 0 atom stereocenters. The van der Waals surface area contributed by atoms with E-state index in [0.717, 1.165) is 13.0 Å². The van der Waals surface area contributed by atoms with Gasteiger partial charge in [-0.3, -0.25) is 0 Å². The van der Waals surface area contributed by atoms with E-state index in [0.29, 0.717) is 5.41 Å². The van der Waals surface area contributed by atoms with E-state index in [4.69, 9.17) is 0 Å². The molecule has 0 bridgehead atoms. The molecule has 1 heteroatoms. The quantitative estimate of drug-likeness (QED) is 0.570. The minimum Gasteiger partial charge on any atom is -0.194 e. The maximum absolute atomic E-state index is 2.38. The van der Waals surface area contributed by atoms with Crippen molar-refractivity contribution in [1.82, 2.24) is 0 Å². The highest BCUT2D eigenvalue weighted by Crippen LogP contribution is 2.27. The van der Waals surface area contributed by atoms with Crippen LogP contribution in [0.2, 0.25) is 0 Å². The molecule has 0 aliphatic carbocycles. The molecular weight excluding hydrogens is 218 g/mol. The first kappa shape index (κ1) is 11.5. The molecule has 3 rings (SSSR count). The molecule has 2 heterocycles. The van der Waals surface area contributed by atoms with Gasteiger partial charge in [-0.2, -0.15) is 4.57 Å². The van der Waals surface area contributed by atoms with Gasteiger partial charge in [-0.15, -0.1) is 0 Å². The molecule has 0 amide bonds. The third-order valence-electron chi connectivity index (χ3n) is 3.45. The average Bonchev–Trinajstić information content (AvgIpc) is 2.64. The molecule has 18 heavy (non-hydrogen) atoms. The molecule has 0 radical (unpaired) electrons. The number of pyridine rings is 1. The van der Waals surface area contributed by atoms with Crippen LogP contribution in [-0.4, -0.2) is 0 Å². The molecule has 2 aromatic rings. The summed E-state index contributed by atoms with van der Waals surface area (Å²) in [6, 6.07) is 13.2. The molecule has 0 saturated heterocycles. The Morgan fingerprint density at radius 1 is 1.06 bits per heavy atom. The first-order chi connectivity index (χ1) is 8.53. The number of benzene rings is 1. The fourth-order valence-corrected chi connectivity index (χ4v) is 2.78. The predicted octanol–water partition coefficient (Wildman–Crippen LogP) is 3.59. The van der Waals surface area contributed by atoms with Crippen LogP contribution in [0.25, 0.3) is 11.3 Å². The van der Waals surface area contributed by atoms with E-state index < -0.39 is 0 Å². The van der Waals surface area contributed by atoms with Crippen molar-refractivity contribution >= 4 is 0 Å². The van der Waals surface area contributed by atoms with Crippen LogP contribution in [0.3, 0.4) is 0 Å². The zero-order valence-electron chi connectivity index (χ0n) is 11.4. The van der Waals surface area contributed by atoms with E-state index in [2.05, 4.69) is 67.9 Å². The second-order valence-electron chi connectivity index (χ2n) is 6.45. The van der Waals surface area contributed by atoms with Crippen LogP contribution < -0.4 is 4.57 Å². The Balaban J connectivity index is 1.98. The molecule has 1 nitrogen and oxygen atoms in total. The lowest BCUT2D eigenvalue weighted by Gasteiger charge is -2.16. The third kappa shape index (κ3) is 2.05. The van der Waals surface area contributed by atoms with Gasteiger partial charge in [-0.1, -0.05) is 39.0 Å². The molecule has 1 aliphatic rings. The largest absolute Gasteiger partial charge is 0.213 e. The standard InChI is InChI=1S/C17H20N/c1-17(2,3)10-13-8-9-16-15-7-5-4-6-14(15)12-18(16)11-13/h4-9,11H,10,12H2,1-3H3/q+1. The molecule has 0 N–H and O–H groups in total. The lowest BCUT2D eigenvalue weighted by Crippen LogP contribution is -2.32. The Hall–Kier alpha value is -1.63. The van der Waals surface area contributed by atoms with Gasteiger partial charge in [0, 0.05) is 17.2 Å². The summed E-state index contributed by atoms with van der Waals surface area (Å²) in [7, 11) is 0. The maximum atomic E-state index is 2.38. The van der Waals surface area contributed by atoms with E-state index in [1.165, 1.54) is 22.4 Å². The zero-order valence-corrected chi connectivity index (χ0v) is 11.4. The molecule has 1 aliphatic heterocycles. The van der Waals surface area contributed by atoms with Crippen LogP contribution in [0, 0.1) is 5.41 Å². The van der Waals surface area contributed by atoms with Crippen molar-refractivity contribution in [2.45, 2.75) is 33.7 Å². The summed E-state index contributed by atoms with van der Waals surface area (Å²) in [4.78, 5) is 0. The van der Waals surface area contributed by atoms with Crippen molar-refractivity contribution in [2.75, 3.05) is 0 Å². The van der Waals surface area contributed by atoms with Crippen LogP contribution in [0.1, 0.15) is 31.9 Å². The summed E-state index contributed by atoms with van der Waals surface area (Å²) < 4.78 is 2.38. The van der Waals surface area contributed by atoms with Gasteiger partial charge in [0.2, 0.25) is 5.69 Å². The smallest absolute Gasteiger partial charge is 0.194 e. The lowest BCUT2D eigenvalue weighted by atomic mass is 9.89. The Kier molecular flexibility index (Phi) is 2.51. The van der Waals surface area contributed by atoms with Gasteiger partial charge in [-0.25, -0.2) is 0 Å². The minimum absolute atomic E-state index is 0.347. The van der Waals surface area contributed by atoms with Gasteiger partial charge < -0.3 is 0 Å². The third-order valence-corrected chi connectivity index (χ3v) is 3.45. The Morgan fingerprint density at radius 3 is 2.61 bits per heavy atom. The van der Waals surface area contributed by atoms with Gasteiger partial charge in [0.1, 0.15) is 0 Å². The van der Waals surface area contributed by atoms with E-state index >= 15 is 0 Å². The number of fused-ring (bicyclic) bond motifs is 3. The van der Waals surface area contributed by atoms with Gasteiger partial charge in [0.15, 0.2) is 12.7 Å². The van der Waals surface area contributed by atoms with Crippen LogP contribution in [0.15, 0.2) is 42.6 Å². The number of rotatable bonds is 1. The molecule has 92 valence electrons. The van der Waals surface area contributed by atoms with Crippen LogP contribution in [0.5, 0.6) is 0 Å². The predicted molar refractivity (Wildman–Crippen MR) is 74.3 cm³/mol. The molecule has 0 saturated carbocycles. The number of hydrogen-bond donors (Lipinski definition) is 0. The Morgan fingerprint density at radius 2 is 1.83 bits per heavy atom. The van der Waals surface area contributed by atoms with Crippen molar-refractivity contribution in [3.05, 3.63) is 53.7 Å². The van der Waals surface area contributed by atoms with E-state index in [1.807, 2.05) is 0 Å². The summed E-state index contributed by atoms with van der Waals surface area (Å²) in [5.74, 6) is 0. The lowest BCUT2D eigenvalue weighted by molar-refractivity contribution is -0.672. The van der Waals surface area contributed by atoms with Gasteiger partial charge in [0.05, 0.1) is 5.56 Å². The highest BCUT2D eigenvalue weighted by molar-refractivity contribution is 5.63. The second-order valence-corrected chi connectivity index (χ2v) is 6.45. The van der Waals surface area contributed by atoms with Crippen molar-refractivity contribution in [3.63, 3.8) is 0 Å². The number of nitrogens with zero attached hydrogens (tertiary/aromatic N) is 1. The first-order valence-electron chi connectivity index (χ1n) is 6.64. The summed E-state index contributed by atoms with van der Waals surface area (Å²) >= 11 is 0. The summed E-state index contributed by atoms with van der Waals surface area (Å²) in [6.07, 6.45) is 3.45. The van der Waals surface area contributed by atoms with Crippen molar-refractivity contribution in [3.8, 4) is 11.3 Å². The monoisotopic (exact) mass is 238 g/mol. The van der Waals surface area contributed by atoms with Crippen LogP contribution in [0.4, 0.5) is 0 Å². The van der Waals surface area contributed by atoms with Gasteiger partial charge >= 0.3 is 0 Å². The van der Waals surface area contributed by atoms with E-state index in [1.54, 1.807) is 0 Å². The average molecular weight is 238 g/mol. The van der Waals surface area contributed by atoms with Crippen LogP contribution in [-0.2, 0) is 13.0 Å². The minimum atomic E-state index is 0.347. The number of aromatic nitrogens is 1. The molecule has 0 spiro atoms. The fraction of sp³-hybridized carbons (Fsp3) is 0.353. The molecule has 0 unspecified atom stereocenters. The summed E-state index contributed by atoms with van der Waals surface area (Å²) in [5, 5.41) is 0. The SMILES string of the molecule is CC(C)(C)Cc1ccc2[n+](c1)Cc1ccccc1-2. The van der Waals surface area contributed by atoms with Gasteiger partial charge in [-0.05, 0) is 24.0 Å². The van der Waals surface area contributed by atoms with Crippen LogP contribution >= 0.6 is 0 Å². The Labute approximate surface area is 109 Å².